The first-order valence-electron chi connectivity index (χ1n) is 8.30. The maximum absolute atomic E-state index is 12.9. The van der Waals surface area contributed by atoms with E-state index in [4.69, 9.17) is 9.47 Å². The molecule has 2 aromatic heterocycles. The lowest BCUT2D eigenvalue weighted by Crippen LogP contribution is -2.31. The Labute approximate surface area is 158 Å². The van der Waals surface area contributed by atoms with Gasteiger partial charge in [-0.3, -0.25) is 4.68 Å². The van der Waals surface area contributed by atoms with E-state index in [1.54, 1.807) is 43.1 Å². The van der Waals surface area contributed by atoms with Gasteiger partial charge in [-0.25, -0.2) is 18.1 Å². The van der Waals surface area contributed by atoms with Gasteiger partial charge in [-0.15, -0.1) is 0 Å². The van der Waals surface area contributed by atoms with Crippen LogP contribution in [-0.2, 0) is 21.8 Å². The number of hydrogen-bond acceptors (Lipinski definition) is 6. The molecule has 0 radical (unpaired) electrons. The molecule has 0 saturated heterocycles. The molecule has 8 nitrogen and oxygen atoms in total. The highest BCUT2D eigenvalue weighted by atomic mass is 32.2. The van der Waals surface area contributed by atoms with Gasteiger partial charge in [-0.05, 0) is 30.7 Å². The number of fused-ring (bicyclic) bond motifs is 1. The molecular formula is C18H22N4O4S. The minimum absolute atomic E-state index is 0.0788. The van der Waals surface area contributed by atoms with Crippen LogP contribution < -0.4 is 9.46 Å². The number of ether oxygens (including phenoxy) is 2. The molecule has 1 N–H and O–H groups in total. The van der Waals surface area contributed by atoms with E-state index in [0.717, 1.165) is 11.3 Å². The molecule has 0 fully saturated rings. The zero-order valence-corrected chi connectivity index (χ0v) is 16.4. The van der Waals surface area contributed by atoms with E-state index in [9.17, 15) is 8.42 Å². The summed E-state index contributed by atoms with van der Waals surface area (Å²) in [4.78, 5) is 4.33. The van der Waals surface area contributed by atoms with Crippen LogP contribution in [0.15, 0.2) is 41.4 Å². The lowest BCUT2D eigenvalue weighted by molar-refractivity contribution is 0.175. The lowest BCUT2D eigenvalue weighted by Gasteiger charge is -2.19. The van der Waals surface area contributed by atoms with E-state index >= 15 is 0 Å². The zero-order chi connectivity index (χ0) is 19.6. The lowest BCUT2D eigenvalue weighted by atomic mass is 10.1. The monoisotopic (exact) mass is 390 g/mol. The van der Waals surface area contributed by atoms with E-state index in [2.05, 4.69) is 14.8 Å². The van der Waals surface area contributed by atoms with Gasteiger partial charge in [0, 0.05) is 25.7 Å². The predicted octanol–water partition coefficient (Wildman–Crippen LogP) is 1.95. The molecule has 144 valence electrons. The molecule has 0 saturated carbocycles. The molecule has 27 heavy (non-hydrogen) atoms. The van der Waals surface area contributed by atoms with Crippen LogP contribution in [0.5, 0.6) is 5.75 Å². The van der Waals surface area contributed by atoms with Crippen LogP contribution in [0, 0.1) is 6.92 Å². The zero-order valence-electron chi connectivity index (χ0n) is 15.6. The van der Waals surface area contributed by atoms with Crippen LogP contribution in [0.1, 0.15) is 17.3 Å². The second-order valence-electron chi connectivity index (χ2n) is 6.16. The summed E-state index contributed by atoms with van der Waals surface area (Å²) in [6.45, 7) is 1.99. The van der Waals surface area contributed by atoms with Crippen molar-refractivity contribution >= 4 is 21.1 Å². The number of hydrogen-bond donors (Lipinski definition) is 1. The molecule has 0 aliphatic heterocycles. The van der Waals surface area contributed by atoms with E-state index in [0.29, 0.717) is 16.8 Å². The minimum atomic E-state index is -3.82. The smallest absolute Gasteiger partial charge is 0.242 e. The van der Waals surface area contributed by atoms with Crippen molar-refractivity contribution in [1.82, 2.24) is 19.5 Å². The average molecular weight is 390 g/mol. The molecule has 0 amide bonds. The van der Waals surface area contributed by atoms with Crippen molar-refractivity contribution in [3.63, 3.8) is 0 Å². The largest absolute Gasteiger partial charge is 0.497 e. The standard InChI is InChI=1S/C18H22N4O4S/c1-12-16-9-15(10-19-18(16)22(2)20-12)27(23,24)21-17(11-25-3)13-6-5-7-14(8-13)26-4/h5-10,17,21H,11H2,1-4H3. The van der Waals surface area contributed by atoms with E-state index < -0.39 is 16.1 Å². The summed E-state index contributed by atoms with van der Waals surface area (Å²) >= 11 is 0. The summed E-state index contributed by atoms with van der Waals surface area (Å²) in [5.41, 5.74) is 2.09. The fraction of sp³-hybridized carbons (Fsp3) is 0.333. The van der Waals surface area contributed by atoms with Gasteiger partial charge >= 0.3 is 0 Å². The minimum Gasteiger partial charge on any atom is -0.497 e. The van der Waals surface area contributed by atoms with Crippen molar-refractivity contribution in [3.8, 4) is 5.75 Å². The number of rotatable bonds is 7. The van der Waals surface area contributed by atoms with Gasteiger partial charge in [0.2, 0.25) is 10.0 Å². The normalized spacial score (nSPS) is 13.0. The number of methoxy groups -OCH3 is 2. The van der Waals surface area contributed by atoms with Gasteiger partial charge < -0.3 is 9.47 Å². The molecule has 0 bridgehead atoms. The summed E-state index contributed by atoms with van der Waals surface area (Å²) < 4.78 is 40.6. The molecule has 1 atom stereocenters. The second-order valence-corrected chi connectivity index (χ2v) is 7.87. The molecule has 1 unspecified atom stereocenters. The fourth-order valence-corrected chi connectivity index (χ4v) is 4.09. The van der Waals surface area contributed by atoms with Gasteiger partial charge in [-0.2, -0.15) is 5.10 Å². The Hall–Kier alpha value is -2.49. The molecule has 0 aliphatic rings. The number of nitrogens with one attached hydrogen (secondary N) is 1. The first-order valence-corrected chi connectivity index (χ1v) is 9.78. The van der Waals surface area contributed by atoms with Gasteiger partial charge in [-0.1, -0.05) is 12.1 Å². The van der Waals surface area contributed by atoms with Gasteiger partial charge in [0.05, 0.1) is 25.5 Å². The molecule has 1 aromatic carbocycles. The number of sulfonamides is 1. The highest BCUT2D eigenvalue weighted by Crippen LogP contribution is 2.23. The van der Waals surface area contributed by atoms with E-state index in [1.807, 2.05) is 13.0 Å². The summed E-state index contributed by atoms with van der Waals surface area (Å²) in [5, 5.41) is 4.97. The average Bonchev–Trinajstić information content (AvgIpc) is 2.95. The van der Waals surface area contributed by atoms with Crippen molar-refractivity contribution in [2.75, 3.05) is 20.8 Å². The molecule has 0 aliphatic carbocycles. The van der Waals surface area contributed by atoms with E-state index in [-0.39, 0.29) is 11.5 Å². The molecule has 3 rings (SSSR count). The highest BCUT2D eigenvalue weighted by molar-refractivity contribution is 7.89. The number of aryl methyl sites for hydroxylation is 2. The summed E-state index contributed by atoms with van der Waals surface area (Å²) in [5.74, 6) is 0.641. The topological polar surface area (TPSA) is 95.3 Å². The van der Waals surface area contributed by atoms with Crippen LogP contribution in [-0.4, -0.2) is 44.0 Å². The van der Waals surface area contributed by atoms with Gasteiger partial charge in [0.25, 0.3) is 0 Å². The van der Waals surface area contributed by atoms with Crippen LogP contribution in [0.25, 0.3) is 11.0 Å². The quantitative estimate of drug-likeness (QED) is 0.663. The van der Waals surface area contributed by atoms with E-state index in [1.165, 1.54) is 13.3 Å². The van der Waals surface area contributed by atoms with Crippen molar-refractivity contribution in [1.29, 1.82) is 0 Å². The Morgan fingerprint density at radius 3 is 2.74 bits per heavy atom. The Morgan fingerprint density at radius 1 is 1.26 bits per heavy atom. The SMILES string of the molecule is COCC(NS(=O)(=O)c1cnc2c(c1)c(C)nn2C)c1cccc(OC)c1. The third-order valence-corrected chi connectivity index (χ3v) is 5.71. The number of benzene rings is 1. The fourth-order valence-electron chi connectivity index (χ4n) is 2.91. The van der Waals surface area contributed by atoms with Crippen LogP contribution >= 0.6 is 0 Å². The van der Waals surface area contributed by atoms with Gasteiger partial charge in [0.1, 0.15) is 10.6 Å². The molecule has 9 heteroatoms. The van der Waals surface area contributed by atoms with Crippen molar-refractivity contribution in [2.45, 2.75) is 17.9 Å². The predicted molar refractivity (Wildman–Crippen MR) is 101 cm³/mol. The number of pyridine rings is 1. The Bertz CT molecular complexity index is 1060. The van der Waals surface area contributed by atoms with Crippen LogP contribution in [0.2, 0.25) is 0 Å². The summed E-state index contributed by atoms with van der Waals surface area (Å²) in [6, 6.07) is 8.21. The first-order chi connectivity index (χ1) is 12.9. The van der Waals surface area contributed by atoms with Crippen molar-refractivity contribution < 1.29 is 17.9 Å². The number of aromatic nitrogens is 3. The van der Waals surface area contributed by atoms with Gasteiger partial charge in [0.15, 0.2) is 5.65 Å². The second kappa shape index (κ2) is 7.63. The van der Waals surface area contributed by atoms with Crippen LogP contribution in [0.3, 0.4) is 0 Å². The third-order valence-electron chi connectivity index (χ3n) is 4.28. The summed E-state index contributed by atoms with van der Waals surface area (Å²) in [6.07, 6.45) is 1.33. The Morgan fingerprint density at radius 2 is 2.04 bits per heavy atom. The number of nitrogens with zero attached hydrogens (tertiary/aromatic N) is 3. The molecule has 3 aromatic rings. The Balaban J connectivity index is 1.96. The summed E-state index contributed by atoms with van der Waals surface area (Å²) in [7, 11) is 1.03. The molecular weight excluding hydrogens is 368 g/mol. The first kappa shape index (κ1) is 19.3. The maximum atomic E-state index is 12.9. The van der Waals surface area contributed by atoms with Crippen molar-refractivity contribution in [2.24, 2.45) is 7.05 Å². The molecule has 0 spiro atoms. The van der Waals surface area contributed by atoms with Crippen LogP contribution in [0.4, 0.5) is 0 Å². The third kappa shape index (κ3) is 3.95. The maximum Gasteiger partial charge on any atom is 0.242 e. The van der Waals surface area contributed by atoms with Crippen molar-refractivity contribution in [3.05, 3.63) is 47.8 Å². The Kier molecular flexibility index (Phi) is 5.45. The molecule has 2 heterocycles. The highest BCUT2D eigenvalue weighted by Gasteiger charge is 2.23.